The van der Waals surface area contributed by atoms with Gasteiger partial charge in [0.25, 0.3) is 11.8 Å². The first-order chi connectivity index (χ1) is 16.4. The smallest absolute Gasteiger partial charge is 0.256 e. The Labute approximate surface area is 201 Å². The lowest BCUT2D eigenvalue weighted by Gasteiger charge is -2.44. The quantitative estimate of drug-likeness (QED) is 0.737. The Balaban J connectivity index is 1.57. The second kappa shape index (κ2) is 9.97. The summed E-state index contributed by atoms with van der Waals surface area (Å²) in [5.41, 5.74) is 1.24. The predicted molar refractivity (Wildman–Crippen MR) is 129 cm³/mol. The molecule has 2 heterocycles. The summed E-state index contributed by atoms with van der Waals surface area (Å²) in [4.78, 5) is 43.4. The number of hydrogen-bond donors (Lipinski definition) is 1. The van der Waals surface area contributed by atoms with Crippen molar-refractivity contribution >= 4 is 17.7 Å². The van der Waals surface area contributed by atoms with Crippen molar-refractivity contribution in [3.63, 3.8) is 0 Å². The second-order valence-electron chi connectivity index (χ2n) is 9.24. The molecule has 7 nitrogen and oxygen atoms in total. The van der Waals surface area contributed by atoms with Crippen LogP contribution in [0.25, 0.3) is 0 Å². The SMILES string of the molecule is CCC(C)NC(=O)C1COC2(CCN(C(=O)c3ccccc3C)CC2)N1C(=O)c1ccccc1. The van der Waals surface area contributed by atoms with Crippen molar-refractivity contribution in [1.29, 1.82) is 0 Å². The van der Waals surface area contributed by atoms with E-state index in [0.717, 1.165) is 12.0 Å². The Bertz CT molecular complexity index is 1050. The number of ether oxygens (including phenoxy) is 1. The minimum Gasteiger partial charge on any atom is -0.353 e. The molecule has 7 heteroatoms. The molecule has 0 aliphatic carbocycles. The summed E-state index contributed by atoms with van der Waals surface area (Å²) < 4.78 is 6.25. The van der Waals surface area contributed by atoms with Crippen molar-refractivity contribution in [1.82, 2.24) is 15.1 Å². The average molecular weight is 464 g/mol. The molecule has 2 aliphatic rings. The largest absolute Gasteiger partial charge is 0.353 e. The Morgan fingerprint density at radius 1 is 1.03 bits per heavy atom. The third-order valence-electron chi connectivity index (χ3n) is 7.01. The summed E-state index contributed by atoms with van der Waals surface area (Å²) in [6, 6.07) is 15.9. The van der Waals surface area contributed by atoms with Crippen molar-refractivity contribution < 1.29 is 19.1 Å². The van der Waals surface area contributed by atoms with E-state index in [0.29, 0.717) is 37.1 Å². The van der Waals surface area contributed by atoms with Gasteiger partial charge in [-0.1, -0.05) is 43.3 Å². The van der Waals surface area contributed by atoms with Gasteiger partial charge in [-0.3, -0.25) is 19.3 Å². The Kier molecular flexibility index (Phi) is 7.03. The van der Waals surface area contributed by atoms with Gasteiger partial charge >= 0.3 is 0 Å². The number of benzene rings is 2. The van der Waals surface area contributed by atoms with Gasteiger partial charge in [0.2, 0.25) is 5.91 Å². The van der Waals surface area contributed by atoms with Crippen LogP contribution in [-0.4, -0.2) is 65.0 Å². The molecule has 0 radical (unpaired) electrons. The Morgan fingerprint density at radius 2 is 1.68 bits per heavy atom. The monoisotopic (exact) mass is 463 g/mol. The van der Waals surface area contributed by atoms with Gasteiger partial charge in [0, 0.05) is 43.1 Å². The lowest BCUT2D eigenvalue weighted by atomic mass is 9.95. The standard InChI is InChI=1S/C27H33N3O4/c1-4-20(3)28-24(31)23-18-34-27(30(23)25(32)21-11-6-5-7-12-21)14-16-29(17-15-27)26(33)22-13-9-8-10-19(22)2/h5-13,20,23H,4,14-18H2,1-3H3,(H,28,31). The first kappa shape index (κ1) is 24.0. The second-order valence-corrected chi connectivity index (χ2v) is 9.24. The van der Waals surface area contributed by atoms with Gasteiger partial charge < -0.3 is 15.0 Å². The van der Waals surface area contributed by atoms with E-state index in [1.54, 1.807) is 17.0 Å². The van der Waals surface area contributed by atoms with E-state index < -0.39 is 11.8 Å². The van der Waals surface area contributed by atoms with Crippen molar-refractivity contribution in [2.45, 2.75) is 57.8 Å². The molecule has 0 saturated carbocycles. The maximum absolute atomic E-state index is 13.7. The fourth-order valence-electron chi connectivity index (χ4n) is 4.77. The highest BCUT2D eigenvalue weighted by molar-refractivity contribution is 5.99. The van der Waals surface area contributed by atoms with Crippen molar-refractivity contribution in [2.24, 2.45) is 0 Å². The number of nitrogens with one attached hydrogen (secondary N) is 1. The fourth-order valence-corrected chi connectivity index (χ4v) is 4.77. The summed E-state index contributed by atoms with van der Waals surface area (Å²) in [7, 11) is 0. The molecule has 2 saturated heterocycles. The maximum atomic E-state index is 13.7. The molecule has 0 bridgehead atoms. The number of rotatable bonds is 5. The summed E-state index contributed by atoms with van der Waals surface area (Å²) >= 11 is 0. The Hall–Kier alpha value is -3.19. The molecule has 2 aromatic carbocycles. The van der Waals surface area contributed by atoms with Gasteiger partial charge in [-0.15, -0.1) is 0 Å². The number of aryl methyl sites for hydroxylation is 1. The first-order valence-electron chi connectivity index (χ1n) is 12.0. The molecular formula is C27H33N3O4. The zero-order valence-corrected chi connectivity index (χ0v) is 20.1. The lowest BCUT2D eigenvalue weighted by Crippen LogP contribution is -2.60. The van der Waals surface area contributed by atoms with Gasteiger partial charge in [0.15, 0.2) is 0 Å². The van der Waals surface area contributed by atoms with Crippen molar-refractivity contribution in [3.05, 3.63) is 71.3 Å². The molecule has 2 aliphatic heterocycles. The van der Waals surface area contributed by atoms with Gasteiger partial charge in [-0.2, -0.15) is 0 Å². The zero-order chi connectivity index (χ0) is 24.3. The predicted octanol–water partition coefficient (Wildman–Crippen LogP) is 3.38. The number of amides is 3. The van der Waals surface area contributed by atoms with E-state index in [9.17, 15) is 14.4 Å². The third kappa shape index (κ3) is 4.57. The van der Waals surface area contributed by atoms with E-state index in [-0.39, 0.29) is 30.4 Å². The number of hydrogen-bond acceptors (Lipinski definition) is 4. The number of carbonyl (C=O) groups excluding carboxylic acids is 3. The molecule has 2 aromatic rings. The number of nitrogens with zero attached hydrogens (tertiary/aromatic N) is 2. The normalized spacial score (nSPS) is 20.3. The highest BCUT2D eigenvalue weighted by Gasteiger charge is 2.54. The molecule has 1 N–H and O–H groups in total. The molecule has 2 fully saturated rings. The fraction of sp³-hybridized carbons (Fsp3) is 0.444. The van der Waals surface area contributed by atoms with Crippen molar-refractivity contribution in [3.8, 4) is 0 Å². The lowest BCUT2D eigenvalue weighted by molar-refractivity contribution is -0.128. The van der Waals surface area contributed by atoms with E-state index in [1.165, 1.54) is 0 Å². The molecule has 1 spiro atoms. The first-order valence-corrected chi connectivity index (χ1v) is 12.0. The van der Waals surface area contributed by atoms with Crippen LogP contribution in [-0.2, 0) is 9.53 Å². The van der Waals surface area contributed by atoms with Crippen LogP contribution < -0.4 is 5.32 Å². The van der Waals surface area contributed by atoms with Crippen LogP contribution in [0.4, 0.5) is 0 Å². The van der Waals surface area contributed by atoms with E-state index in [2.05, 4.69) is 5.32 Å². The van der Waals surface area contributed by atoms with Gasteiger partial charge in [-0.05, 0) is 44.0 Å². The van der Waals surface area contributed by atoms with Crippen LogP contribution in [0.3, 0.4) is 0 Å². The summed E-state index contributed by atoms with van der Waals surface area (Å²) in [6.45, 7) is 6.93. The van der Waals surface area contributed by atoms with E-state index in [4.69, 9.17) is 4.74 Å². The summed E-state index contributed by atoms with van der Waals surface area (Å²) in [5, 5.41) is 3.01. The van der Waals surface area contributed by atoms with Crippen molar-refractivity contribution in [2.75, 3.05) is 19.7 Å². The highest BCUT2D eigenvalue weighted by Crippen LogP contribution is 2.39. The van der Waals surface area contributed by atoms with Crippen LogP contribution in [0.5, 0.6) is 0 Å². The number of likely N-dealkylation sites (tertiary alicyclic amines) is 1. The molecule has 0 aromatic heterocycles. The third-order valence-corrected chi connectivity index (χ3v) is 7.01. The Morgan fingerprint density at radius 3 is 2.32 bits per heavy atom. The highest BCUT2D eigenvalue weighted by atomic mass is 16.5. The molecule has 34 heavy (non-hydrogen) atoms. The summed E-state index contributed by atoms with van der Waals surface area (Å²) in [5.74, 6) is -0.437. The minimum atomic E-state index is -0.910. The molecule has 3 amide bonds. The summed E-state index contributed by atoms with van der Waals surface area (Å²) in [6.07, 6.45) is 1.71. The van der Waals surface area contributed by atoms with Gasteiger partial charge in [0.05, 0.1) is 6.61 Å². The van der Waals surface area contributed by atoms with E-state index in [1.807, 2.05) is 68.1 Å². The van der Waals surface area contributed by atoms with Crippen LogP contribution in [0.2, 0.25) is 0 Å². The minimum absolute atomic E-state index is 0.00584. The zero-order valence-electron chi connectivity index (χ0n) is 20.1. The van der Waals surface area contributed by atoms with Crippen LogP contribution in [0.15, 0.2) is 54.6 Å². The van der Waals surface area contributed by atoms with Gasteiger partial charge in [0.1, 0.15) is 11.8 Å². The van der Waals surface area contributed by atoms with Crippen LogP contribution >= 0.6 is 0 Å². The molecule has 2 atom stereocenters. The topological polar surface area (TPSA) is 79.0 Å². The molecule has 2 unspecified atom stereocenters. The molecule has 4 rings (SSSR count). The number of piperidine rings is 1. The van der Waals surface area contributed by atoms with Crippen LogP contribution in [0.1, 0.15) is 59.4 Å². The van der Waals surface area contributed by atoms with Crippen LogP contribution in [0, 0.1) is 6.92 Å². The average Bonchev–Trinajstić information content (AvgIpc) is 3.23. The number of carbonyl (C=O) groups is 3. The maximum Gasteiger partial charge on any atom is 0.256 e. The van der Waals surface area contributed by atoms with Gasteiger partial charge in [-0.25, -0.2) is 0 Å². The molecular weight excluding hydrogens is 430 g/mol. The van der Waals surface area contributed by atoms with E-state index >= 15 is 0 Å². The molecule has 180 valence electrons.